The minimum absolute atomic E-state index is 0.406. The van der Waals surface area contributed by atoms with E-state index in [1.54, 1.807) is 0 Å². The number of aliphatic hydroxyl groups is 4. The molecule has 11 heteroatoms. The molecule has 0 spiro atoms. The van der Waals surface area contributed by atoms with Gasteiger partial charge < -0.3 is 20.4 Å². The molecule has 0 amide bonds. The van der Waals surface area contributed by atoms with Crippen LogP contribution in [-0.2, 0) is 13.4 Å². The highest BCUT2D eigenvalue weighted by molar-refractivity contribution is 7.46. The van der Waals surface area contributed by atoms with Gasteiger partial charge in [-0.05, 0) is 0 Å². The van der Waals surface area contributed by atoms with E-state index in [0.717, 1.165) is 0 Å². The molecule has 96 valence electrons. The van der Waals surface area contributed by atoms with Gasteiger partial charge >= 0.3 is 16.5 Å². The minimum atomic E-state index is -2.92. The Morgan fingerprint density at radius 3 is 1.06 bits per heavy atom. The molecule has 2 unspecified atom stereocenters. The quantitative estimate of drug-likeness (QED) is 0.309. The smallest absolute Gasteiger partial charge is 0.396 e. The van der Waals surface area contributed by atoms with Gasteiger partial charge in [-0.1, -0.05) is 0 Å². The molecule has 0 aromatic carbocycles. The second-order valence-electron chi connectivity index (χ2n) is 2.69. The van der Waals surface area contributed by atoms with Gasteiger partial charge in [0.2, 0.25) is 0 Å². The van der Waals surface area contributed by atoms with Crippen LogP contribution in [0.3, 0.4) is 0 Å². The average molecular weight is 280 g/mol. The highest BCUT2D eigenvalue weighted by Crippen LogP contribution is 2.30. The van der Waals surface area contributed by atoms with Gasteiger partial charge in [-0.2, -0.15) is 0 Å². The van der Waals surface area contributed by atoms with Gasteiger partial charge in [-0.3, -0.25) is 0 Å². The Morgan fingerprint density at radius 2 is 1.06 bits per heavy atom. The molecule has 9 nitrogen and oxygen atoms in total. The highest BCUT2D eigenvalue weighted by atomic mass is 31.2. The van der Waals surface area contributed by atoms with Crippen LogP contribution in [0.5, 0.6) is 0 Å². The zero-order valence-electron chi connectivity index (χ0n) is 8.13. The van der Waals surface area contributed by atoms with Crippen molar-refractivity contribution in [1.82, 2.24) is 0 Å². The van der Waals surface area contributed by atoms with E-state index in [1.165, 1.54) is 0 Å². The van der Waals surface area contributed by atoms with Crippen LogP contribution in [0.1, 0.15) is 0 Å². The summed E-state index contributed by atoms with van der Waals surface area (Å²) in [7, 11) is -5.85. The van der Waals surface area contributed by atoms with Crippen LogP contribution in [0.25, 0.3) is 0 Å². The van der Waals surface area contributed by atoms with E-state index in [9.17, 15) is 9.13 Å². The third-order valence-electron chi connectivity index (χ3n) is 1.48. The average Bonchev–Trinajstić information content (AvgIpc) is 2.21. The van der Waals surface area contributed by atoms with Gasteiger partial charge in [0.25, 0.3) is 0 Å². The molecule has 0 aliphatic rings. The molecule has 0 aliphatic heterocycles. The summed E-state index contributed by atoms with van der Waals surface area (Å²) in [4.78, 5) is 15.3. The first-order chi connectivity index (χ1) is 7.37. The zero-order chi connectivity index (χ0) is 13.2. The molecule has 0 radical (unpaired) electrons. The van der Waals surface area contributed by atoms with Gasteiger partial charge in [-0.25, -0.2) is 0 Å². The first kappa shape index (κ1) is 18.3. The normalized spacial score (nSPS) is 12.6. The standard InChI is InChI=1S/C5H12O4.O5P2/c6-1-5(2-7,3-8)4-9;1-6(2)5-7(3)4/h6-9H,1-4H2;/p+2. The molecular weight excluding hydrogens is 266 g/mol. The summed E-state index contributed by atoms with van der Waals surface area (Å²) in [6.45, 7) is -1.62. The molecule has 16 heavy (non-hydrogen) atoms. The predicted molar refractivity (Wildman–Crippen MR) is 51.5 cm³/mol. The SMILES string of the molecule is O=[P+](O)O[P+](=O)O.OCC(CO)(CO)CO. The molecule has 2 atom stereocenters. The van der Waals surface area contributed by atoms with Crippen molar-refractivity contribution in [2.45, 2.75) is 0 Å². The predicted octanol–water partition coefficient (Wildman–Crippen LogP) is -1.76. The highest BCUT2D eigenvalue weighted by Gasteiger charge is 2.31. The van der Waals surface area contributed by atoms with E-state index in [2.05, 4.69) is 4.31 Å². The van der Waals surface area contributed by atoms with Crippen molar-refractivity contribution in [2.24, 2.45) is 5.41 Å². The van der Waals surface area contributed by atoms with Crippen LogP contribution in [-0.4, -0.2) is 56.6 Å². The van der Waals surface area contributed by atoms with Gasteiger partial charge in [0.1, 0.15) is 0 Å². The van der Waals surface area contributed by atoms with E-state index in [-0.39, 0.29) is 0 Å². The maximum absolute atomic E-state index is 9.39. The number of rotatable bonds is 6. The van der Waals surface area contributed by atoms with E-state index in [4.69, 9.17) is 30.2 Å². The maximum Gasteiger partial charge on any atom is 0.745 e. The Labute approximate surface area is 92.8 Å². The Kier molecular flexibility index (Phi) is 11.5. The van der Waals surface area contributed by atoms with Crippen molar-refractivity contribution in [3.8, 4) is 0 Å². The van der Waals surface area contributed by atoms with Crippen LogP contribution in [0.2, 0.25) is 0 Å². The monoisotopic (exact) mass is 280 g/mol. The van der Waals surface area contributed by atoms with Crippen molar-refractivity contribution in [1.29, 1.82) is 0 Å². The molecule has 0 bridgehead atoms. The lowest BCUT2D eigenvalue weighted by molar-refractivity contribution is -0.0328. The van der Waals surface area contributed by atoms with Crippen LogP contribution in [0, 0.1) is 5.41 Å². The van der Waals surface area contributed by atoms with Crippen molar-refractivity contribution in [3.63, 3.8) is 0 Å². The molecule has 0 aromatic heterocycles. The summed E-state index contributed by atoms with van der Waals surface area (Å²) in [5.74, 6) is 0. The topological polar surface area (TPSA) is 165 Å². The van der Waals surface area contributed by atoms with Crippen LogP contribution >= 0.6 is 16.5 Å². The first-order valence-corrected chi connectivity index (χ1v) is 6.07. The maximum atomic E-state index is 9.39. The van der Waals surface area contributed by atoms with E-state index in [0.29, 0.717) is 0 Å². The lowest BCUT2D eigenvalue weighted by Gasteiger charge is -2.23. The molecule has 0 heterocycles. The number of hydrogen-bond donors (Lipinski definition) is 6. The Balaban J connectivity index is 0. The lowest BCUT2D eigenvalue weighted by Crippen LogP contribution is -2.37. The molecule has 0 saturated heterocycles. The van der Waals surface area contributed by atoms with Gasteiger partial charge in [0.05, 0.1) is 31.8 Å². The summed E-state index contributed by atoms with van der Waals surface area (Å²) in [5.41, 5.74) is -1.11. The van der Waals surface area contributed by atoms with E-state index < -0.39 is 48.4 Å². The van der Waals surface area contributed by atoms with Crippen LogP contribution in [0.15, 0.2) is 0 Å². The lowest BCUT2D eigenvalue weighted by atomic mass is 9.93. The van der Waals surface area contributed by atoms with Gasteiger partial charge in [-0.15, -0.1) is 9.79 Å². The third-order valence-corrected chi connectivity index (χ3v) is 2.60. The molecule has 6 N–H and O–H groups in total. The summed E-state index contributed by atoms with van der Waals surface area (Å²) in [5, 5.41) is 34.0. The van der Waals surface area contributed by atoms with Crippen LogP contribution in [0.4, 0.5) is 0 Å². The van der Waals surface area contributed by atoms with Crippen molar-refractivity contribution >= 4 is 16.5 Å². The van der Waals surface area contributed by atoms with Crippen LogP contribution < -0.4 is 0 Å². The van der Waals surface area contributed by atoms with Gasteiger partial charge in [0.15, 0.2) is 4.31 Å². The fourth-order valence-electron chi connectivity index (χ4n) is 0.360. The summed E-state index contributed by atoms with van der Waals surface area (Å²) in [6.07, 6.45) is 0. The van der Waals surface area contributed by atoms with Crippen molar-refractivity contribution in [2.75, 3.05) is 26.4 Å². The second-order valence-corrected chi connectivity index (χ2v) is 4.29. The van der Waals surface area contributed by atoms with Crippen molar-refractivity contribution in [3.05, 3.63) is 0 Å². The third kappa shape index (κ3) is 9.17. The second kappa shape index (κ2) is 10.1. The first-order valence-electron chi connectivity index (χ1n) is 3.81. The summed E-state index contributed by atoms with van der Waals surface area (Å²) >= 11 is 0. The number of hydrogen-bond acceptors (Lipinski definition) is 7. The van der Waals surface area contributed by atoms with Crippen molar-refractivity contribution < 1.29 is 43.7 Å². The minimum Gasteiger partial charge on any atom is -0.396 e. The fraction of sp³-hybridized carbons (Fsp3) is 1.00. The van der Waals surface area contributed by atoms with E-state index in [1.807, 2.05) is 0 Å². The molecule has 0 aliphatic carbocycles. The Hall–Kier alpha value is -0.0800. The summed E-state index contributed by atoms with van der Waals surface area (Å²) in [6, 6.07) is 0. The fourth-order valence-corrected chi connectivity index (χ4v) is 0.838. The molecule has 0 aromatic rings. The molecular formula is C5H14O9P2+2. The largest absolute Gasteiger partial charge is 0.745 e. The molecule has 0 fully saturated rings. The summed E-state index contributed by atoms with van der Waals surface area (Å²) < 4.78 is 22.2. The Morgan fingerprint density at radius 1 is 0.812 bits per heavy atom. The zero-order valence-corrected chi connectivity index (χ0v) is 9.92. The van der Waals surface area contributed by atoms with Gasteiger partial charge in [0, 0.05) is 9.13 Å². The molecule has 0 rings (SSSR count). The molecule has 0 saturated carbocycles. The number of aliphatic hydroxyl groups excluding tert-OH is 4. The van der Waals surface area contributed by atoms with E-state index >= 15 is 0 Å². The Bertz CT molecular complexity index is 186.